The SMILES string of the molecule is NC(=O)CCl.NC(=O)CON1C(=O)c2ccccc2C1=O.O=C1c2ccccc2C(=O)N1O. The molecule has 0 radical (unpaired) electrons. The van der Waals surface area contributed by atoms with Crippen molar-refractivity contribution in [1.29, 1.82) is 0 Å². The van der Waals surface area contributed by atoms with Gasteiger partial charge in [-0.25, -0.2) is 0 Å². The van der Waals surface area contributed by atoms with Crippen LogP contribution in [0.5, 0.6) is 0 Å². The largest absolute Gasteiger partial charge is 0.369 e. The maximum Gasteiger partial charge on any atom is 0.285 e. The molecule has 0 saturated heterocycles. The molecule has 0 aliphatic carbocycles. The van der Waals surface area contributed by atoms with Gasteiger partial charge in [-0.05, 0) is 24.3 Å². The second kappa shape index (κ2) is 10.9. The van der Waals surface area contributed by atoms with Gasteiger partial charge in [0.2, 0.25) is 11.8 Å². The Morgan fingerprint density at radius 2 is 1.09 bits per heavy atom. The first-order valence-electron chi connectivity index (χ1n) is 9.00. The Labute approximate surface area is 191 Å². The molecule has 0 bridgehead atoms. The first kappa shape index (κ1) is 25.1. The number of rotatable bonds is 4. The molecule has 0 saturated carbocycles. The van der Waals surface area contributed by atoms with Crippen molar-refractivity contribution >= 4 is 47.0 Å². The van der Waals surface area contributed by atoms with Crippen LogP contribution in [0.25, 0.3) is 0 Å². The number of imide groups is 2. The minimum Gasteiger partial charge on any atom is -0.369 e. The van der Waals surface area contributed by atoms with E-state index in [1.807, 2.05) is 0 Å². The van der Waals surface area contributed by atoms with Gasteiger partial charge < -0.3 is 11.5 Å². The van der Waals surface area contributed by atoms with E-state index in [0.29, 0.717) is 5.06 Å². The maximum atomic E-state index is 11.6. The van der Waals surface area contributed by atoms with Crippen molar-refractivity contribution in [3.05, 3.63) is 70.8 Å². The van der Waals surface area contributed by atoms with Crippen LogP contribution in [0.3, 0.4) is 0 Å². The van der Waals surface area contributed by atoms with Crippen molar-refractivity contribution in [3.63, 3.8) is 0 Å². The summed E-state index contributed by atoms with van der Waals surface area (Å²) in [5, 5.41) is 9.60. The van der Waals surface area contributed by atoms with Crippen LogP contribution in [0.1, 0.15) is 41.4 Å². The molecule has 0 fully saturated rings. The monoisotopic (exact) mass is 476 g/mol. The molecule has 172 valence electrons. The smallest absolute Gasteiger partial charge is 0.285 e. The highest BCUT2D eigenvalue weighted by atomic mass is 35.5. The molecule has 13 heteroatoms. The number of nitrogens with two attached hydrogens (primary N) is 2. The summed E-state index contributed by atoms with van der Waals surface area (Å²) in [6, 6.07) is 12.6. The third kappa shape index (κ3) is 5.77. The highest BCUT2D eigenvalue weighted by Gasteiger charge is 2.36. The second-order valence-electron chi connectivity index (χ2n) is 6.26. The lowest BCUT2D eigenvalue weighted by molar-refractivity contribution is -0.136. The molecule has 2 aliphatic rings. The van der Waals surface area contributed by atoms with Crippen LogP contribution in [-0.4, -0.2) is 63.3 Å². The number of carbonyl (C=O) groups is 6. The van der Waals surface area contributed by atoms with E-state index in [2.05, 4.69) is 5.73 Å². The standard InChI is InChI=1S/C10H8N2O4.C8H5NO3.C2H4ClNO/c11-8(13)5-16-12-9(14)6-3-1-2-4-7(6)10(12)15;10-7-5-3-1-2-4-6(5)8(11)9(7)12;3-1-2(4)5/h1-4H,5H2,(H2,11,13);1-4,12H;1H2,(H2,4,5). The minimum atomic E-state index is -0.753. The topological polar surface area (TPSA) is 190 Å². The number of halogens is 1. The minimum absolute atomic E-state index is 0.0833. The van der Waals surface area contributed by atoms with Gasteiger partial charge in [0.1, 0.15) is 5.88 Å². The van der Waals surface area contributed by atoms with E-state index in [-0.39, 0.29) is 33.2 Å². The molecule has 0 aromatic heterocycles. The fraction of sp³-hybridized carbons (Fsp3) is 0.100. The number of amides is 6. The predicted octanol–water partition coefficient (Wildman–Crippen LogP) is 0.0818. The Morgan fingerprint density at radius 3 is 1.39 bits per heavy atom. The highest BCUT2D eigenvalue weighted by molar-refractivity contribution is 6.27. The van der Waals surface area contributed by atoms with E-state index in [1.54, 1.807) is 24.3 Å². The Morgan fingerprint density at radius 1 is 0.758 bits per heavy atom. The summed E-state index contributed by atoms with van der Waals surface area (Å²) in [4.78, 5) is 70.1. The van der Waals surface area contributed by atoms with Crippen molar-refractivity contribution in [2.24, 2.45) is 11.5 Å². The number of carbonyl (C=O) groups excluding carboxylic acids is 6. The van der Waals surface area contributed by atoms with Gasteiger partial charge in [-0.15, -0.1) is 21.7 Å². The van der Waals surface area contributed by atoms with Crippen LogP contribution in [-0.2, 0) is 14.4 Å². The third-order valence-electron chi connectivity index (χ3n) is 4.00. The molecular weight excluding hydrogens is 460 g/mol. The molecule has 0 unspecified atom stereocenters. The molecule has 33 heavy (non-hydrogen) atoms. The van der Waals surface area contributed by atoms with Crippen LogP contribution >= 0.6 is 11.6 Å². The van der Waals surface area contributed by atoms with Gasteiger partial charge in [0, 0.05) is 0 Å². The number of hydrogen-bond acceptors (Lipinski definition) is 8. The summed E-state index contributed by atoms with van der Waals surface area (Å²) in [5.41, 5.74) is 10.4. The number of hydroxylamine groups is 4. The molecule has 2 heterocycles. The molecular formula is C20H17ClN4O8. The fourth-order valence-electron chi connectivity index (χ4n) is 2.59. The summed E-state index contributed by atoms with van der Waals surface area (Å²) in [6.45, 7) is -0.508. The average molecular weight is 477 g/mol. The summed E-state index contributed by atoms with van der Waals surface area (Å²) in [7, 11) is 0. The highest BCUT2D eigenvalue weighted by Crippen LogP contribution is 2.22. The molecule has 6 amide bonds. The molecule has 2 aromatic rings. The Hall–Kier alpha value is -4.13. The Bertz CT molecular complexity index is 1070. The summed E-state index contributed by atoms with van der Waals surface area (Å²) in [5.74, 6) is -3.79. The first-order chi connectivity index (χ1) is 15.6. The zero-order chi connectivity index (χ0) is 24.7. The molecule has 0 atom stereocenters. The second-order valence-corrected chi connectivity index (χ2v) is 6.52. The lowest BCUT2D eigenvalue weighted by Gasteiger charge is -2.11. The number of primary amides is 2. The lowest BCUT2D eigenvalue weighted by Crippen LogP contribution is -2.33. The van der Waals surface area contributed by atoms with Crippen molar-refractivity contribution in [2.45, 2.75) is 0 Å². The number of benzene rings is 2. The lowest BCUT2D eigenvalue weighted by atomic mass is 10.1. The molecule has 12 nitrogen and oxygen atoms in total. The predicted molar refractivity (Wildman–Crippen MR) is 111 cm³/mol. The molecule has 5 N–H and O–H groups in total. The molecule has 4 rings (SSSR count). The van der Waals surface area contributed by atoms with Gasteiger partial charge in [0.25, 0.3) is 23.6 Å². The van der Waals surface area contributed by atoms with Crippen molar-refractivity contribution in [2.75, 3.05) is 12.5 Å². The normalized spacial score (nSPS) is 13.5. The average Bonchev–Trinajstić information content (AvgIpc) is 3.18. The summed E-state index contributed by atoms with van der Waals surface area (Å²) < 4.78 is 0. The maximum absolute atomic E-state index is 11.6. The molecule has 2 aromatic carbocycles. The van der Waals surface area contributed by atoms with Crippen LogP contribution in [0, 0.1) is 0 Å². The van der Waals surface area contributed by atoms with Crippen molar-refractivity contribution in [1.82, 2.24) is 10.1 Å². The van der Waals surface area contributed by atoms with Crippen LogP contribution in [0.4, 0.5) is 0 Å². The number of nitrogens with zero attached hydrogens (tertiary/aromatic N) is 2. The third-order valence-corrected chi connectivity index (χ3v) is 4.26. The van der Waals surface area contributed by atoms with Crippen LogP contribution in [0.2, 0.25) is 0 Å². The van der Waals surface area contributed by atoms with E-state index in [9.17, 15) is 28.8 Å². The number of hydrogen-bond donors (Lipinski definition) is 3. The van der Waals surface area contributed by atoms with E-state index in [0.717, 1.165) is 0 Å². The molecule has 0 spiro atoms. The number of fused-ring (bicyclic) bond motifs is 2. The van der Waals surface area contributed by atoms with E-state index in [4.69, 9.17) is 27.4 Å². The zero-order valence-electron chi connectivity index (χ0n) is 16.8. The van der Waals surface area contributed by atoms with Gasteiger partial charge in [-0.1, -0.05) is 24.3 Å². The molecule has 2 aliphatic heterocycles. The van der Waals surface area contributed by atoms with Crippen LogP contribution in [0.15, 0.2) is 48.5 Å². The van der Waals surface area contributed by atoms with Crippen molar-refractivity contribution < 1.29 is 38.8 Å². The quantitative estimate of drug-likeness (QED) is 0.314. The van der Waals surface area contributed by atoms with Gasteiger partial charge in [-0.2, -0.15) is 0 Å². The van der Waals surface area contributed by atoms with E-state index < -0.39 is 42.0 Å². The summed E-state index contributed by atoms with van der Waals surface area (Å²) in [6.07, 6.45) is 0. The van der Waals surface area contributed by atoms with E-state index in [1.165, 1.54) is 24.3 Å². The van der Waals surface area contributed by atoms with Crippen LogP contribution < -0.4 is 11.5 Å². The first-order valence-corrected chi connectivity index (χ1v) is 9.53. The van der Waals surface area contributed by atoms with E-state index >= 15 is 0 Å². The fourth-order valence-corrected chi connectivity index (χ4v) is 2.59. The van der Waals surface area contributed by atoms with Gasteiger partial charge >= 0.3 is 0 Å². The Kier molecular flexibility index (Phi) is 8.34. The van der Waals surface area contributed by atoms with Crippen molar-refractivity contribution in [3.8, 4) is 0 Å². The number of alkyl halides is 1. The Balaban J connectivity index is 0.000000200. The van der Waals surface area contributed by atoms with Gasteiger partial charge in [0.05, 0.1) is 22.3 Å². The van der Waals surface area contributed by atoms with Gasteiger partial charge in [0.15, 0.2) is 6.61 Å². The van der Waals surface area contributed by atoms with Gasteiger partial charge in [-0.3, -0.25) is 38.8 Å². The summed E-state index contributed by atoms with van der Waals surface area (Å²) >= 11 is 4.86. The zero-order valence-corrected chi connectivity index (χ0v) is 17.5.